The van der Waals surface area contributed by atoms with Crippen molar-refractivity contribution in [2.24, 2.45) is 0 Å². The highest BCUT2D eigenvalue weighted by atomic mass is 16.6. The van der Waals surface area contributed by atoms with Crippen LogP contribution in [0.3, 0.4) is 0 Å². The molecule has 2 saturated heterocycles. The van der Waals surface area contributed by atoms with Crippen LogP contribution in [0, 0.1) is 0 Å². The number of likely N-dealkylation sites (tertiary alicyclic amines) is 2. The van der Waals surface area contributed by atoms with Gasteiger partial charge in [-0.2, -0.15) is 0 Å². The number of aliphatic hydroxyl groups excluding tert-OH is 2. The first-order valence-corrected chi connectivity index (χ1v) is 13.3. The highest BCUT2D eigenvalue weighted by molar-refractivity contribution is 5.70. The highest BCUT2D eigenvalue weighted by Crippen LogP contribution is 2.40. The first-order valence-electron chi connectivity index (χ1n) is 13.3. The minimum Gasteiger partial charge on any atom is -0.486 e. The van der Waals surface area contributed by atoms with Crippen molar-refractivity contribution in [3.63, 3.8) is 0 Å². The summed E-state index contributed by atoms with van der Waals surface area (Å²) in [7, 11) is 0. The van der Waals surface area contributed by atoms with Crippen LogP contribution in [0.1, 0.15) is 25.7 Å². The Morgan fingerprint density at radius 2 is 1.14 bits per heavy atom. The Morgan fingerprint density at radius 1 is 0.667 bits per heavy atom. The molecule has 2 aromatic rings. The molecule has 36 heavy (non-hydrogen) atoms. The lowest BCUT2D eigenvalue weighted by Gasteiger charge is -2.29. The third-order valence-electron chi connectivity index (χ3n) is 7.69. The largest absolute Gasteiger partial charge is 0.486 e. The molecular weight excluding hydrogens is 460 g/mol. The highest BCUT2D eigenvalue weighted by Gasteiger charge is 2.27. The fraction of sp³-hybridized carbons (Fsp3) is 0.571. The minimum absolute atomic E-state index is 0.00300. The van der Waals surface area contributed by atoms with E-state index in [4.69, 9.17) is 18.9 Å². The molecule has 2 fully saturated rings. The maximum Gasteiger partial charge on any atom is 0.162 e. The van der Waals surface area contributed by atoms with E-state index in [9.17, 15) is 10.2 Å². The van der Waals surface area contributed by atoms with Gasteiger partial charge in [-0.15, -0.1) is 0 Å². The van der Waals surface area contributed by atoms with Gasteiger partial charge in [-0.05, 0) is 48.2 Å². The molecule has 4 aliphatic rings. The second-order valence-corrected chi connectivity index (χ2v) is 10.5. The summed E-state index contributed by atoms with van der Waals surface area (Å²) in [5.41, 5.74) is 2.08. The number of nitrogens with zero attached hydrogens (tertiary/aromatic N) is 2. The molecule has 0 aromatic heterocycles. The summed E-state index contributed by atoms with van der Waals surface area (Å²) in [4.78, 5) is 4.58. The maximum absolute atomic E-state index is 9.75. The Balaban J connectivity index is 1.09. The monoisotopic (exact) mass is 496 g/mol. The number of hydrogen-bond acceptors (Lipinski definition) is 8. The molecule has 8 heteroatoms. The predicted molar refractivity (Wildman–Crippen MR) is 135 cm³/mol. The van der Waals surface area contributed by atoms with Gasteiger partial charge in [0.05, 0.1) is 12.2 Å². The van der Waals surface area contributed by atoms with Crippen LogP contribution < -0.4 is 18.9 Å². The van der Waals surface area contributed by atoms with Gasteiger partial charge in [0.25, 0.3) is 0 Å². The average molecular weight is 497 g/mol. The van der Waals surface area contributed by atoms with Crippen LogP contribution in [0.15, 0.2) is 36.4 Å². The molecule has 4 aliphatic heterocycles. The van der Waals surface area contributed by atoms with Gasteiger partial charge < -0.3 is 39.0 Å². The summed E-state index contributed by atoms with van der Waals surface area (Å²) < 4.78 is 24.6. The normalized spacial score (nSPS) is 27.9. The molecule has 2 unspecified atom stereocenters. The van der Waals surface area contributed by atoms with Crippen molar-refractivity contribution in [3.05, 3.63) is 36.4 Å². The minimum atomic E-state index is -0.197. The zero-order valence-corrected chi connectivity index (χ0v) is 20.7. The van der Waals surface area contributed by atoms with E-state index in [1.165, 1.54) is 0 Å². The van der Waals surface area contributed by atoms with Gasteiger partial charge in [0.15, 0.2) is 23.0 Å². The Kier molecular flexibility index (Phi) is 6.93. The van der Waals surface area contributed by atoms with Crippen molar-refractivity contribution in [1.29, 1.82) is 0 Å². The third kappa shape index (κ3) is 5.42. The van der Waals surface area contributed by atoms with Gasteiger partial charge in [-0.1, -0.05) is 12.1 Å². The van der Waals surface area contributed by atoms with E-state index in [1.54, 1.807) is 0 Å². The molecule has 8 nitrogen and oxygen atoms in total. The van der Waals surface area contributed by atoms with Gasteiger partial charge >= 0.3 is 0 Å². The average Bonchev–Trinajstić information content (AvgIpc) is 3.52. The summed E-state index contributed by atoms with van der Waals surface area (Å²) in [6.45, 7) is 6.30. The molecule has 2 aromatic carbocycles. The number of fused-ring (bicyclic) bond motifs is 2. The van der Waals surface area contributed by atoms with Crippen LogP contribution in [-0.2, 0) is 0 Å². The Labute approximate surface area is 212 Å². The molecule has 2 N–H and O–H groups in total. The van der Waals surface area contributed by atoms with E-state index in [0.29, 0.717) is 13.2 Å². The van der Waals surface area contributed by atoms with Gasteiger partial charge in [0, 0.05) is 52.1 Å². The van der Waals surface area contributed by atoms with Crippen molar-refractivity contribution in [2.45, 2.75) is 50.1 Å². The van der Waals surface area contributed by atoms with Crippen LogP contribution in [-0.4, -0.2) is 96.9 Å². The van der Waals surface area contributed by atoms with E-state index in [0.717, 1.165) is 99.1 Å². The maximum atomic E-state index is 9.75. The first-order chi connectivity index (χ1) is 17.6. The van der Waals surface area contributed by atoms with Gasteiger partial charge in [0.2, 0.25) is 0 Å². The summed E-state index contributed by atoms with van der Waals surface area (Å²) in [5.74, 6) is 3.09. The molecule has 6 rings (SSSR count). The van der Waals surface area contributed by atoms with Crippen molar-refractivity contribution >= 4 is 0 Å². The zero-order chi connectivity index (χ0) is 24.5. The van der Waals surface area contributed by atoms with Crippen LogP contribution in [0.25, 0.3) is 11.1 Å². The van der Waals surface area contributed by atoms with Gasteiger partial charge in [-0.25, -0.2) is 0 Å². The SMILES string of the molecule is O[C@@H]1CCN(CCC2COc3ccc(-c4ccc5c(c4)OC(CCN4CC[C@@H](O)C4)CO5)cc3O2)C1. The number of rotatable bonds is 7. The zero-order valence-electron chi connectivity index (χ0n) is 20.7. The fourth-order valence-electron chi connectivity index (χ4n) is 5.56. The van der Waals surface area contributed by atoms with Crippen LogP contribution in [0.5, 0.6) is 23.0 Å². The Bertz CT molecular complexity index is 981. The number of benzene rings is 2. The molecule has 4 atom stereocenters. The number of β-amino-alcohol motifs (C(OH)–C–C–N with tert-alkyl or cyclic N) is 2. The molecule has 4 heterocycles. The molecule has 0 amide bonds. The van der Waals surface area contributed by atoms with Crippen LogP contribution in [0.4, 0.5) is 0 Å². The van der Waals surface area contributed by atoms with Crippen molar-refractivity contribution in [2.75, 3.05) is 52.5 Å². The van der Waals surface area contributed by atoms with Crippen LogP contribution in [0.2, 0.25) is 0 Å². The molecular formula is C28H36N2O6. The lowest BCUT2D eigenvalue weighted by Crippen LogP contribution is -2.34. The predicted octanol–water partition coefficient (Wildman–Crippen LogP) is 2.55. The second kappa shape index (κ2) is 10.5. The third-order valence-corrected chi connectivity index (χ3v) is 7.69. The first kappa shape index (κ1) is 23.9. The summed E-state index contributed by atoms with van der Waals surface area (Å²) in [6, 6.07) is 12.1. The number of hydrogen-bond donors (Lipinski definition) is 2. The fourth-order valence-corrected chi connectivity index (χ4v) is 5.56. The van der Waals surface area contributed by atoms with E-state index >= 15 is 0 Å². The lowest BCUT2D eigenvalue weighted by atomic mass is 10.0. The van der Waals surface area contributed by atoms with E-state index < -0.39 is 0 Å². The molecule has 0 saturated carbocycles. The molecule has 0 bridgehead atoms. The van der Waals surface area contributed by atoms with Gasteiger partial charge in [-0.3, -0.25) is 0 Å². The summed E-state index contributed by atoms with van der Waals surface area (Å²) in [6.07, 6.45) is 3.07. The summed E-state index contributed by atoms with van der Waals surface area (Å²) >= 11 is 0. The van der Waals surface area contributed by atoms with Crippen LogP contribution >= 0.6 is 0 Å². The lowest BCUT2D eigenvalue weighted by molar-refractivity contribution is 0.0755. The van der Waals surface area contributed by atoms with Crippen molar-refractivity contribution < 1.29 is 29.2 Å². The standard InChI is InChI=1S/C28H36N2O6/c31-21-5-9-29(15-21)11-7-23-17-33-25-3-1-19(13-27(25)35-23)20-2-4-26-28(14-20)36-24(18-34-26)8-12-30-10-6-22(32)16-30/h1-4,13-14,21-24,31-32H,5-12,15-18H2/t21-,22-,23?,24?/m1/s1. The van der Waals surface area contributed by atoms with Gasteiger partial charge in [0.1, 0.15) is 25.4 Å². The van der Waals surface area contributed by atoms with E-state index in [1.807, 2.05) is 24.3 Å². The molecule has 0 radical (unpaired) electrons. The quantitative estimate of drug-likeness (QED) is 0.605. The molecule has 194 valence electrons. The molecule has 0 aliphatic carbocycles. The summed E-state index contributed by atoms with van der Waals surface area (Å²) in [5, 5.41) is 19.5. The topological polar surface area (TPSA) is 83.9 Å². The van der Waals surface area contributed by atoms with Crippen molar-refractivity contribution in [3.8, 4) is 34.1 Å². The molecule has 0 spiro atoms. The number of aliphatic hydroxyl groups is 2. The van der Waals surface area contributed by atoms with E-state index in [-0.39, 0.29) is 24.4 Å². The van der Waals surface area contributed by atoms with E-state index in [2.05, 4.69) is 21.9 Å². The number of ether oxygens (including phenoxy) is 4. The second-order valence-electron chi connectivity index (χ2n) is 10.5. The Morgan fingerprint density at radius 3 is 1.56 bits per heavy atom. The van der Waals surface area contributed by atoms with Crippen molar-refractivity contribution in [1.82, 2.24) is 9.80 Å². The smallest absolute Gasteiger partial charge is 0.162 e. The Hall–Kier alpha value is -2.52.